The van der Waals surface area contributed by atoms with Gasteiger partial charge in [-0.15, -0.1) is 0 Å². The molecule has 1 aromatic carbocycles. The molecule has 0 saturated heterocycles. The molecule has 0 aliphatic carbocycles. The third-order valence-electron chi connectivity index (χ3n) is 2.17. The van der Waals surface area contributed by atoms with Crippen LogP contribution in [0.15, 0.2) is 22.6 Å². The molecule has 1 N–H and O–H groups in total. The van der Waals surface area contributed by atoms with E-state index in [1.807, 2.05) is 0 Å². The molecule has 2 rings (SSSR count). The van der Waals surface area contributed by atoms with Crippen LogP contribution < -0.4 is 0 Å². The van der Waals surface area contributed by atoms with E-state index in [1.165, 1.54) is 6.92 Å². The predicted molar refractivity (Wildman–Crippen MR) is 63.7 cm³/mol. The van der Waals surface area contributed by atoms with Gasteiger partial charge in [0.1, 0.15) is 5.76 Å². The Bertz CT molecular complexity index is 592. The van der Waals surface area contributed by atoms with Crippen molar-refractivity contribution in [3.63, 3.8) is 0 Å². The van der Waals surface area contributed by atoms with Gasteiger partial charge in [0.25, 0.3) is 0 Å². The molecule has 1 aromatic heterocycles. The lowest BCUT2D eigenvalue weighted by Gasteiger charge is -1.98. The molecule has 0 fully saturated rings. The van der Waals surface area contributed by atoms with Gasteiger partial charge in [-0.3, -0.25) is 0 Å². The van der Waals surface area contributed by atoms with Gasteiger partial charge in [-0.2, -0.15) is 0 Å². The Hall–Kier alpha value is -1.52. The van der Waals surface area contributed by atoms with E-state index < -0.39 is 5.97 Å². The van der Waals surface area contributed by atoms with Gasteiger partial charge in [-0.25, -0.2) is 9.78 Å². The molecule has 6 heteroatoms. The van der Waals surface area contributed by atoms with Gasteiger partial charge >= 0.3 is 5.97 Å². The highest BCUT2D eigenvalue weighted by molar-refractivity contribution is 6.42. The second-order valence-corrected chi connectivity index (χ2v) is 4.17. The lowest BCUT2D eigenvalue weighted by Crippen LogP contribution is -1.98. The van der Waals surface area contributed by atoms with E-state index in [1.54, 1.807) is 18.2 Å². The number of hydrogen-bond acceptors (Lipinski definition) is 3. The van der Waals surface area contributed by atoms with Gasteiger partial charge in [0.15, 0.2) is 5.69 Å². The Balaban J connectivity index is 2.50. The van der Waals surface area contributed by atoms with Gasteiger partial charge in [0.2, 0.25) is 5.89 Å². The molecular weight excluding hydrogens is 265 g/mol. The van der Waals surface area contributed by atoms with Crippen LogP contribution in [0.5, 0.6) is 0 Å². The number of aromatic carboxylic acids is 1. The maximum atomic E-state index is 10.8. The van der Waals surface area contributed by atoms with E-state index >= 15 is 0 Å². The van der Waals surface area contributed by atoms with Gasteiger partial charge in [0.05, 0.1) is 10.0 Å². The lowest BCUT2D eigenvalue weighted by atomic mass is 10.2. The maximum Gasteiger partial charge on any atom is 0.358 e. The first-order valence-corrected chi connectivity index (χ1v) is 5.41. The lowest BCUT2D eigenvalue weighted by molar-refractivity contribution is 0.0689. The van der Waals surface area contributed by atoms with Crippen molar-refractivity contribution in [2.45, 2.75) is 6.92 Å². The molecule has 0 atom stereocenters. The number of carboxylic acids is 1. The molecule has 0 radical (unpaired) electrons. The smallest absolute Gasteiger partial charge is 0.358 e. The highest BCUT2D eigenvalue weighted by Gasteiger charge is 2.17. The number of rotatable bonds is 2. The number of nitrogens with zero attached hydrogens (tertiary/aromatic N) is 1. The third-order valence-corrected chi connectivity index (χ3v) is 2.90. The zero-order chi connectivity index (χ0) is 12.6. The van der Waals surface area contributed by atoms with Gasteiger partial charge in [-0.05, 0) is 25.1 Å². The van der Waals surface area contributed by atoms with Crippen LogP contribution in [0.3, 0.4) is 0 Å². The van der Waals surface area contributed by atoms with E-state index in [2.05, 4.69) is 4.98 Å². The van der Waals surface area contributed by atoms with E-state index in [9.17, 15) is 4.79 Å². The number of oxazole rings is 1. The van der Waals surface area contributed by atoms with Crippen LogP contribution in [-0.4, -0.2) is 16.1 Å². The first-order valence-electron chi connectivity index (χ1n) is 4.65. The average Bonchev–Trinajstić information content (AvgIpc) is 2.64. The fourth-order valence-corrected chi connectivity index (χ4v) is 1.65. The van der Waals surface area contributed by atoms with Crippen LogP contribution in [0, 0.1) is 6.92 Å². The van der Waals surface area contributed by atoms with Crippen molar-refractivity contribution in [3.05, 3.63) is 39.7 Å². The Morgan fingerprint density at radius 1 is 1.35 bits per heavy atom. The highest BCUT2D eigenvalue weighted by Crippen LogP contribution is 2.29. The number of hydrogen-bond donors (Lipinski definition) is 1. The Morgan fingerprint density at radius 3 is 2.59 bits per heavy atom. The van der Waals surface area contributed by atoms with Gasteiger partial charge in [-0.1, -0.05) is 23.2 Å². The minimum atomic E-state index is -1.13. The van der Waals surface area contributed by atoms with Crippen LogP contribution >= 0.6 is 23.2 Å². The summed E-state index contributed by atoms with van der Waals surface area (Å²) in [6.07, 6.45) is 0. The summed E-state index contributed by atoms with van der Waals surface area (Å²) < 4.78 is 5.26. The fraction of sp³-hybridized carbons (Fsp3) is 0.0909. The van der Waals surface area contributed by atoms with Gasteiger partial charge in [0, 0.05) is 5.56 Å². The summed E-state index contributed by atoms with van der Waals surface area (Å²) in [6, 6.07) is 4.82. The molecule has 2 aromatic rings. The number of carboxylic acid groups (broad SMARTS) is 1. The number of carbonyl (C=O) groups is 1. The largest absolute Gasteiger partial charge is 0.476 e. The quantitative estimate of drug-likeness (QED) is 0.906. The molecule has 0 spiro atoms. The van der Waals surface area contributed by atoms with Crippen molar-refractivity contribution < 1.29 is 14.3 Å². The minimum Gasteiger partial charge on any atom is -0.476 e. The summed E-state index contributed by atoms with van der Waals surface area (Å²) in [5.41, 5.74) is 0.473. The van der Waals surface area contributed by atoms with E-state index in [0.717, 1.165) is 0 Å². The SMILES string of the molecule is Cc1oc(-c2ccc(Cl)c(Cl)c2)nc1C(=O)O. The van der Waals surface area contributed by atoms with Crippen molar-refractivity contribution in [2.75, 3.05) is 0 Å². The Labute approximate surface area is 107 Å². The summed E-state index contributed by atoms with van der Waals surface area (Å²) >= 11 is 11.6. The zero-order valence-electron chi connectivity index (χ0n) is 8.70. The topological polar surface area (TPSA) is 63.3 Å². The van der Waals surface area contributed by atoms with Crippen molar-refractivity contribution in [1.82, 2.24) is 4.98 Å². The molecule has 0 unspecified atom stereocenters. The molecule has 1 heterocycles. The van der Waals surface area contributed by atoms with Crippen LogP contribution in [0.25, 0.3) is 11.5 Å². The van der Waals surface area contributed by atoms with Crippen LogP contribution in [0.4, 0.5) is 0 Å². The first kappa shape index (κ1) is 12.0. The third kappa shape index (κ3) is 2.28. The average molecular weight is 272 g/mol. The molecule has 4 nitrogen and oxygen atoms in total. The molecule has 0 aliphatic heterocycles. The number of aromatic nitrogens is 1. The zero-order valence-corrected chi connectivity index (χ0v) is 10.2. The van der Waals surface area contributed by atoms with E-state index in [4.69, 9.17) is 32.7 Å². The molecule has 0 amide bonds. The van der Waals surface area contributed by atoms with Crippen molar-refractivity contribution in [2.24, 2.45) is 0 Å². The van der Waals surface area contributed by atoms with Crippen LogP contribution in [0.1, 0.15) is 16.2 Å². The van der Waals surface area contributed by atoms with Crippen molar-refractivity contribution in [3.8, 4) is 11.5 Å². The molecule has 17 heavy (non-hydrogen) atoms. The molecule has 0 bridgehead atoms. The highest BCUT2D eigenvalue weighted by atomic mass is 35.5. The predicted octanol–water partition coefficient (Wildman–Crippen LogP) is 3.66. The number of benzene rings is 1. The molecule has 0 aliphatic rings. The standard InChI is InChI=1S/C11H7Cl2NO3/c1-5-9(11(15)16)14-10(17-5)6-2-3-7(12)8(13)4-6/h2-4H,1H3,(H,15,16). The second-order valence-electron chi connectivity index (χ2n) is 3.36. The normalized spacial score (nSPS) is 10.5. The van der Waals surface area contributed by atoms with Crippen LogP contribution in [0.2, 0.25) is 10.0 Å². The van der Waals surface area contributed by atoms with Crippen molar-refractivity contribution >= 4 is 29.2 Å². The molecule has 0 saturated carbocycles. The Kier molecular flexibility index (Phi) is 3.09. The number of aryl methyl sites for hydroxylation is 1. The number of halogens is 2. The van der Waals surface area contributed by atoms with Gasteiger partial charge < -0.3 is 9.52 Å². The monoisotopic (exact) mass is 271 g/mol. The Morgan fingerprint density at radius 2 is 2.06 bits per heavy atom. The minimum absolute atomic E-state index is 0.105. The molecule has 88 valence electrons. The summed E-state index contributed by atoms with van der Waals surface area (Å²) in [4.78, 5) is 14.7. The summed E-state index contributed by atoms with van der Waals surface area (Å²) in [5, 5.41) is 9.63. The van der Waals surface area contributed by atoms with E-state index in [0.29, 0.717) is 15.6 Å². The summed E-state index contributed by atoms with van der Waals surface area (Å²) in [6.45, 7) is 1.54. The van der Waals surface area contributed by atoms with E-state index in [-0.39, 0.29) is 17.3 Å². The molecular formula is C11H7Cl2NO3. The van der Waals surface area contributed by atoms with Crippen molar-refractivity contribution in [1.29, 1.82) is 0 Å². The fourth-order valence-electron chi connectivity index (χ4n) is 1.35. The maximum absolute atomic E-state index is 10.8. The van der Waals surface area contributed by atoms with Crippen LogP contribution in [-0.2, 0) is 0 Å². The summed E-state index contributed by atoms with van der Waals surface area (Å²) in [7, 11) is 0. The summed E-state index contributed by atoms with van der Waals surface area (Å²) in [5.74, 6) is -0.672. The first-order chi connectivity index (χ1) is 7.99. The second kappa shape index (κ2) is 4.39.